The first-order valence-corrected chi connectivity index (χ1v) is 5.09. The predicted octanol–water partition coefficient (Wildman–Crippen LogP) is 3.93. The lowest BCUT2D eigenvalue weighted by Gasteiger charge is -2.18. The molecule has 13 heavy (non-hydrogen) atoms. The van der Waals surface area contributed by atoms with Crippen molar-refractivity contribution in [1.82, 2.24) is 0 Å². The number of allylic oxidation sites excluding steroid dienone is 7. The zero-order chi connectivity index (χ0) is 9.10. The highest BCUT2D eigenvalue weighted by Crippen LogP contribution is 2.30. The van der Waals surface area contributed by atoms with Crippen molar-refractivity contribution in [3.63, 3.8) is 0 Å². The maximum absolute atomic E-state index is 4.17. The molecule has 0 amide bonds. The lowest BCUT2D eigenvalue weighted by molar-refractivity contribution is 0.874. The lowest BCUT2D eigenvalue weighted by Crippen LogP contribution is -1.99. The van der Waals surface area contributed by atoms with Crippen molar-refractivity contribution < 1.29 is 0 Å². The first-order chi connectivity index (χ1) is 6.38. The molecule has 0 saturated carbocycles. The zero-order valence-corrected chi connectivity index (χ0v) is 8.05. The summed E-state index contributed by atoms with van der Waals surface area (Å²) in [6.07, 6.45) is 14.9. The number of hydrogen-bond donors (Lipinski definition) is 0. The zero-order valence-electron chi connectivity index (χ0n) is 8.05. The van der Waals surface area contributed by atoms with Crippen molar-refractivity contribution in [3.05, 3.63) is 47.6 Å². The third kappa shape index (κ3) is 1.82. The molecule has 0 bridgehead atoms. The maximum atomic E-state index is 4.17. The Kier molecular flexibility index (Phi) is 2.49. The van der Waals surface area contributed by atoms with Gasteiger partial charge in [0.2, 0.25) is 0 Å². The van der Waals surface area contributed by atoms with Gasteiger partial charge in [-0.2, -0.15) is 0 Å². The van der Waals surface area contributed by atoms with E-state index in [1.165, 1.54) is 36.0 Å². The standard InChI is InChI=1S/C13H16/c1-11-7-3-2-4-8-12-9-5-6-10-13(11)12/h2,4-5,9H,1,3,6-8,10H2/b4-2-. The fraction of sp³-hybridized carbons (Fsp3) is 0.385. The van der Waals surface area contributed by atoms with Gasteiger partial charge >= 0.3 is 0 Å². The van der Waals surface area contributed by atoms with Gasteiger partial charge in [0.25, 0.3) is 0 Å². The van der Waals surface area contributed by atoms with Crippen molar-refractivity contribution in [2.75, 3.05) is 0 Å². The predicted molar refractivity (Wildman–Crippen MR) is 57.5 cm³/mol. The fourth-order valence-corrected chi connectivity index (χ4v) is 2.05. The van der Waals surface area contributed by atoms with E-state index >= 15 is 0 Å². The Bertz CT molecular complexity index is 300. The molecule has 0 saturated heterocycles. The largest absolute Gasteiger partial charge is 0.0955 e. The second kappa shape index (κ2) is 3.78. The summed E-state index contributed by atoms with van der Waals surface area (Å²) in [6, 6.07) is 0. The summed E-state index contributed by atoms with van der Waals surface area (Å²) >= 11 is 0. The van der Waals surface area contributed by atoms with Gasteiger partial charge in [-0.1, -0.05) is 36.5 Å². The molecule has 0 N–H and O–H groups in total. The second-order valence-electron chi connectivity index (χ2n) is 3.76. The summed E-state index contributed by atoms with van der Waals surface area (Å²) in [6.45, 7) is 4.17. The van der Waals surface area contributed by atoms with Gasteiger partial charge in [-0.3, -0.25) is 0 Å². The average Bonchev–Trinajstić information content (AvgIpc) is 2.14. The van der Waals surface area contributed by atoms with Crippen LogP contribution in [0.2, 0.25) is 0 Å². The third-order valence-electron chi connectivity index (χ3n) is 2.81. The molecule has 0 spiro atoms. The van der Waals surface area contributed by atoms with Crippen molar-refractivity contribution in [3.8, 4) is 0 Å². The Morgan fingerprint density at radius 2 is 1.85 bits per heavy atom. The molecule has 2 aliphatic rings. The lowest BCUT2D eigenvalue weighted by atomic mass is 9.87. The number of rotatable bonds is 0. The van der Waals surface area contributed by atoms with Crippen molar-refractivity contribution in [2.24, 2.45) is 0 Å². The van der Waals surface area contributed by atoms with Gasteiger partial charge in [0.05, 0.1) is 0 Å². The average molecular weight is 172 g/mol. The van der Waals surface area contributed by atoms with E-state index in [0.717, 1.165) is 12.8 Å². The topological polar surface area (TPSA) is 0 Å². The Hall–Kier alpha value is -1.04. The molecule has 68 valence electrons. The minimum absolute atomic E-state index is 1.10. The molecular formula is C13H16. The van der Waals surface area contributed by atoms with Crippen LogP contribution in [0.3, 0.4) is 0 Å². The monoisotopic (exact) mass is 172 g/mol. The van der Waals surface area contributed by atoms with Crippen LogP contribution >= 0.6 is 0 Å². The van der Waals surface area contributed by atoms with Gasteiger partial charge in [-0.15, -0.1) is 0 Å². The molecule has 0 fully saturated rings. The SMILES string of the molecule is C=C1CC/C=C\CC2=C1CCC=C2. The molecule has 0 radical (unpaired) electrons. The van der Waals surface area contributed by atoms with Crippen molar-refractivity contribution >= 4 is 0 Å². The second-order valence-corrected chi connectivity index (χ2v) is 3.76. The molecule has 2 aliphatic carbocycles. The molecule has 2 rings (SSSR count). The van der Waals surface area contributed by atoms with E-state index in [-0.39, 0.29) is 0 Å². The van der Waals surface area contributed by atoms with Crippen LogP contribution in [0, 0.1) is 0 Å². The molecule has 0 aromatic heterocycles. The molecule has 0 aromatic carbocycles. The van der Waals surface area contributed by atoms with Gasteiger partial charge in [-0.05, 0) is 43.3 Å². The van der Waals surface area contributed by atoms with E-state index in [9.17, 15) is 0 Å². The summed E-state index contributed by atoms with van der Waals surface area (Å²) in [5.74, 6) is 0. The van der Waals surface area contributed by atoms with Gasteiger partial charge in [0, 0.05) is 0 Å². The van der Waals surface area contributed by atoms with Gasteiger partial charge in [-0.25, -0.2) is 0 Å². The molecule has 0 heterocycles. The van der Waals surface area contributed by atoms with Crippen LogP contribution < -0.4 is 0 Å². The van der Waals surface area contributed by atoms with Crippen LogP contribution in [0.4, 0.5) is 0 Å². The molecule has 0 unspecified atom stereocenters. The molecule has 0 nitrogen and oxygen atoms in total. The Morgan fingerprint density at radius 3 is 2.77 bits per heavy atom. The minimum atomic E-state index is 1.10. The van der Waals surface area contributed by atoms with Crippen molar-refractivity contribution in [2.45, 2.75) is 32.1 Å². The normalized spacial score (nSPS) is 25.1. The Balaban J connectivity index is 2.32. The minimum Gasteiger partial charge on any atom is -0.0955 e. The van der Waals surface area contributed by atoms with Crippen molar-refractivity contribution in [1.29, 1.82) is 0 Å². The third-order valence-corrected chi connectivity index (χ3v) is 2.81. The van der Waals surface area contributed by atoms with Crippen LogP contribution in [-0.4, -0.2) is 0 Å². The van der Waals surface area contributed by atoms with Crippen LogP contribution in [0.15, 0.2) is 47.6 Å². The highest BCUT2D eigenvalue weighted by atomic mass is 14.2. The Labute approximate surface area is 80.3 Å². The van der Waals surface area contributed by atoms with E-state index in [1.807, 2.05) is 0 Å². The summed E-state index contributed by atoms with van der Waals surface area (Å²) < 4.78 is 0. The van der Waals surface area contributed by atoms with Crippen LogP contribution in [0.1, 0.15) is 32.1 Å². The smallest absolute Gasteiger partial charge is 0.00947 e. The Morgan fingerprint density at radius 1 is 1.00 bits per heavy atom. The first-order valence-electron chi connectivity index (χ1n) is 5.09. The summed E-state index contributed by atoms with van der Waals surface area (Å²) in [7, 11) is 0. The molecule has 0 heteroatoms. The van der Waals surface area contributed by atoms with Gasteiger partial charge < -0.3 is 0 Å². The van der Waals surface area contributed by atoms with Crippen LogP contribution in [-0.2, 0) is 0 Å². The van der Waals surface area contributed by atoms with E-state index in [2.05, 4.69) is 30.9 Å². The fourth-order valence-electron chi connectivity index (χ4n) is 2.05. The molecule has 0 atom stereocenters. The van der Waals surface area contributed by atoms with Gasteiger partial charge in [0.1, 0.15) is 0 Å². The summed E-state index contributed by atoms with van der Waals surface area (Å²) in [5.41, 5.74) is 4.39. The highest BCUT2D eigenvalue weighted by Gasteiger charge is 2.11. The molecule has 0 aliphatic heterocycles. The van der Waals surface area contributed by atoms with E-state index < -0.39 is 0 Å². The van der Waals surface area contributed by atoms with E-state index in [4.69, 9.17) is 0 Å². The first kappa shape index (κ1) is 8.55. The van der Waals surface area contributed by atoms with E-state index in [1.54, 1.807) is 0 Å². The molecule has 0 aromatic rings. The number of hydrogen-bond acceptors (Lipinski definition) is 0. The summed E-state index contributed by atoms with van der Waals surface area (Å²) in [5, 5.41) is 0. The van der Waals surface area contributed by atoms with E-state index in [0.29, 0.717) is 0 Å². The summed E-state index contributed by atoms with van der Waals surface area (Å²) in [4.78, 5) is 0. The van der Waals surface area contributed by atoms with Gasteiger partial charge in [0.15, 0.2) is 0 Å². The highest BCUT2D eigenvalue weighted by molar-refractivity contribution is 5.43. The maximum Gasteiger partial charge on any atom is -0.00947 e. The quantitative estimate of drug-likeness (QED) is 0.486. The molecular weight excluding hydrogens is 156 g/mol. The van der Waals surface area contributed by atoms with Crippen LogP contribution in [0.5, 0.6) is 0 Å². The van der Waals surface area contributed by atoms with Crippen LogP contribution in [0.25, 0.3) is 0 Å².